The number of hydrogen-bond acceptors (Lipinski definition) is 6. The number of aromatic nitrogens is 2. The Labute approximate surface area is 128 Å². The van der Waals surface area contributed by atoms with Crippen molar-refractivity contribution in [2.45, 2.75) is 23.7 Å². The Morgan fingerprint density at radius 3 is 2.90 bits per heavy atom. The van der Waals surface area contributed by atoms with Gasteiger partial charge in [0.25, 0.3) is 11.5 Å². The number of carbonyl (C=O) groups is 2. The first-order chi connectivity index (χ1) is 10.0. The molecule has 3 rings (SSSR count). The molecule has 1 aromatic rings. The van der Waals surface area contributed by atoms with Gasteiger partial charge < -0.3 is 10.4 Å². The Hall–Kier alpha value is -1.48. The van der Waals surface area contributed by atoms with Crippen LogP contribution < -0.4 is 10.9 Å². The smallest absolute Gasteiger partial charge is 0.330 e. The Morgan fingerprint density at radius 2 is 2.24 bits per heavy atom. The first-order valence-electron chi connectivity index (χ1n) is 6.40. The summed E-state index contributed by atoms with van der Waals surface area (Å²) in [5.41, 5.74) is -1.79. The summed E-state index contributed by atoms with van der Waals surface area (Å²) in [6.45, 7) is 0.521. The van der Waals surface area contributed by atoms with Crippen molar-refractivity contribution < 1.29 is 14.7 Å². The summed E-state index contributed by atoms with van der Waals surface area (Å²) in [7, 11) is 0. The fourth-order valence-corrected chi connectivity index (χ4v) is 4.58. The molecule has 0 aliphatic carbocycles. The highest BCUT2D eigenvalue weighted by Gasteiger charge is 2.43. The van der Waals surface area contributed by atoms with Gasteiger partial charge in [0.15, 0.2) is 5.16 Å². The van der Waals surface area contributed by atoms with E-state index in [-0.39, 0.29) is 5.56 Å². The highest BCUT2D eigenvalue weighted by atomic mass is 32.2. The van der Waals surface area contributed by atoms with E-state index < -0.39 is 23.0 Å². The number of hydrogen-bond donors (Lipinski definition) is 2. The van der Waals surface area contributed by atoms with Crippen LogP contribution in [0.4, 0.5) is 0 Å². The number of nitrogens with zero attached hydrogens (tertiary/aromatic N) is 2. The largest absolute Gasteiger partial charge is 0.479 e. The highest BCUT2D eigenvalue weighted by molar-refractivity contribution is 7.99. The molecular weight excluding hydrogens is 314 g/mol. The van der Waals surface area contributed by atoms with E-state index in [4.69, 9.17) is 0 Å². The lowest BCUT2D eigenvalue weighted by molar-refractivity contribution is -0.143. The van der Waals surface area contributed by atoms with Crippen molar-refractivity contribution >= 4 is 35.4 Å². The molecule has 21 heavy (non-hydrogen) atoms. The van der Waals surface area contributed by atoms with Crippen LogP contribution in [-0.2, 0) is 11.3 Å². The van der Waals surface area contributed by atoms with Gasteiger partial charge in [-0.15, -0.1) is 0 Å². The lowest BCUT2D eigenvalue weighted by atomic mass is 9.99. The molecule has 7 nitrogen and oxygen atoms in total. The van der Waals surface area contributed by atoms with E-state index >= 15 is 0 Å². The van der Waals surface area contributed by atoms with Gasteiger partial charge in [0.05, 0.1) is 0 Å². The van der Waals surface area contributed by atoms with Crippen molar-refractivity contribution in [3.8, 4) is 0 Å². The maximum atomic E-state index is 12.3. The number of carboxylic acid groups (broad SMARTS) is 1. The minimum Gasteiger partial charge on any atom is -0.479 e. The third-order valence-electron chi connectivity index (χ3n) is 3.59. The minimum absolute atomic E-state index is 0.0984. The number of carbonyl (C=O) groups excluding carboxylic acids is 1. The van der Waals surface area contributed by atoms with Gasteiger partial charge in [-0.3, -0.25) is 14.2 Å². The van der Waals surface area contributed by atoms with E-state index in [0.717, 1.165) is 5.75 Å². The molecule has 112 valence electrons. The van der Waals surface area contributed by atoms with Gasteiger partial charge in [-0.05, 0) is 12.2 Å². The molecule has 1 atom stereocenters. The highest BCUT2D eigenvalue weighted by Crippen LogP contribution is 2.28. The van der Waals surface area contributed by atoms with Crippen LogP contribution in [0.2, 0.25) is 0 Å². The van der Waals surface area contributed by atoms with Gasteiger partial charge >= 0.3 is 5.97 Å². The summed E-state index contributed by atoms with van der Waals surface area (Å²) in [6, 6.07) is 0. The number of thioether (sulfide) groups is 2. The SMILES string of the molecule is O=C(NC1(C(=O)O)CCSC1)c1cnc2n(c1=O)CCS2. The van der Waals surface area contributed by atoms with Crippen LogP contribution >= 0.6 is 23.5 Å². The molecule has 0 saturated carbocycles. The van der Waals surface area contributed by atoms with Crippen LogP contribution in [-0.4, -0.2) is 49.3 Å². The van der Waals surface area contributed by atoms with Crippen LogP contribution in [0, 0.1) is 0 Å². The number of rotatable bonds is 3. The van der Waals surface area contributed by atoms with Crippen molar-refractivity contribution in [2.24, 2.45) is 0 Å². The van der Waals surface area contributed by atoms with Crippen LogP contribution in [0.15, 0.2) is 16.1 Å². The van der Waals surface area contributed by atoms with Gasteiger partial charge in [-0.25, -0.2) is 9.78 Å². The molecule has 1 aromatic heterocycles. The molecule has 0 radical (unpaired) electrons. The average molecular weight is 327 g/mol. The van der Waals surface area contributed by atoms with E-state index in [1.165, 1.54) is 34.3 Å². The maximum absolute atomic E-state index is 12.3. The summed E-state index contributed by atoms with van der Waals surface area (Å²) in [5, 5.41) is 12.5. The van der Waals surface area contributed by atoms with Crippen molar-refractivity contribution in [3.05, 3.63) is 22.1 Å². The van der Waals surface area contributed by atoms with Crippen LogP contribution in [0.5, 0.6) is 0 Å². The van der Waals surface area contributed by atoms with E-state index in [1.807, 2.05) is 0 Å². The lowest BCUT2D eigenvalue weighted by Crippen LogP contribution is -2.55. The van der Waals surface area contributed by atoms with Crippen LogP contribution in [0.25, 0.3) is 0 Å². The number of fused-ring (bicyclic) bond motifs is 1. The van der Waals surface area contributed by atoms with Gasteiger partial charge in [-0.2, -0.15) is 11.8 Å². The Bertz CT molecular complexity index is 667. The number of nitrogens with one attached hydrogen (secondary N) is 1. The monoisotopic (exact) mass is 327 g/mol. The molecular formula is C12H13N3O4S2. The molecule has 1 unspecified atom stereocenters. The van der Waals surface area contributed by atoms with Crippen molar-refractivity contribution in [2.75, 3.05) is 17.3 Å². The predicted octanol–water partition coefficient (Wildman–Crippen LogP) is 0.0391. The van der Waals surface area contributed by atoms with Gasteiger partial charge in [0.2, 0.25) is 0 Å². The first kappa shape index (κ1) is 14.5. The average Bonchev–Trinajstić information content (AvgIpc) is 3.08. The molecule has 9 heteroatoms. The third-order valence-corrected chi connectivity index (χ3v) is 5.75. The molecule has 2 N–H and O–H groups in total. The second kappa shape index (κ2) is 5.38. The zero-order valence-electron chi connectivity index (χ0n) is 11.0. The molecule has 1 amide bonds. The number of carboxylic acids is 1. The summed E-state index contributed by atoms with van der Waals surface area (Å²) < 4.78 is 1.45. The molecule has 1 saturated heterocycles. The van der Waals surface area contributed by atoms with E-state index in [9.17, 15) is 19.5 Å². The fraction of sp³-hybridized carbons (Fsp3) is 0.500. The van der Waals surface area contributed by atoms with Crippen LogP contribution in [0.3, 0.4) is 0 Å². The standard InChI is InChI=1S/C12H13N3O4S2/c16-8(14-12(10(18)19)1-3-20-6-12)7-5-13-11-15(9(7)17)2-4-21-11/h5H,1-4,6H2,(H,14,16)(H,18,19). The summed E-state index contributed by atoms with van der Waals surface area (Å²) in [6.07, 6.45) is 1.59. The fourth-order valence-electron chi connectivity index (χ4n) is 2.34. The topological polar surface area (TPSA) is 101 Å². The van der Waals surface area contributed by atoms with Gasteiger partial charge in [-0.1, -0.05) is 11.8 Å². The van der Waals surface area contributed by atoms with Crippen molar-refractivity contribution in [1.82, 2.24) is 14.9 Å². The zero-order valence-corrected chi connectivity index (χ0v) is 12.6. The van der Waals surface area contributed by atoms with Gasteiger partial charge in [0, 0.05) is 24.2 Å². The summed E-state index contributed by atoms with van der Waals surface area (Å²) >= 11 is 2.94. The van der Waals surface area contributed by atoms with E-state index in [1.54, 1.807) is 0 Å². The second-order valence-electron chi connectivity index (χ2n) is 4.90. The molecule has 2 aliphatic rings. The molecule has 1 fully saturated rings. The van der Waals surface area contributed by atoms with Crippen molar-refractivity contribution in [3.63, 3.8) is 0 Å². The van der Waals surface area contributed by atoms with E-state index in [2.05, 4.69) is 10.3 Å². The Morgan fingerprint density at radius 1 is 1.43 bits per heavy atom. The predicted molar refractivity (Wildman–Crippen MR) is 79.0 cm³/mol. The molecule has 3 heterocycles. The zero-order chi connectivity index (χ0) is 15.0. The summed E-state index contributed by atoms with van der Waals surface area (Å²) in [4.78, 5) is 40.1. The summed E-state index contributed by atoms with van der Waals surface area (Å²) in [5.74, 6) is 0.00677. The number of amides is 1. The first-order valence-corrected chi connectivity index (χ1v) is 8.54. The molecule has 0 spiro atoms. The van der Waals surface area contributed by atoms with E-state index in [0.29, 0.717) is 29.6 Å². The number of aliphatic carboxylic acids is 1. The van der Waals surface area contributed by atoms with Crippen LogP contribution in [0.1, 0.15) is 16.8 Å². The maximum Gasteiger partial charge on any atom is 0.330 e. The quantitative estimate of drug-likeness (QED) is 0.756. The van der Waals surface area contributed by atoms with Crippen molar-refractivity contribution in [1.29, 1.82) is 0 Å². The molecule has 0 aromatic carbocycles. The molecule has 0 bridgehead atoms. The Balaban J connectivity index is 1.90. The molecule has 2 aliphatic heterocycles. The third kappa shape index (κ3) is 2.44. The lowest BCUT2D eigenvalue weighted by Gasteiger charge is -2.24. The Kier molecular flexibility index (Phi) is 3.70. The minimum atomic E-state index is -1.29. The normalized spacial score (nSPS) is 23.8. The second-order valence-corrected chi connectivity index (χ2v) is 7.07. The van der Waals surface area contributed by atoms with Gasteiger partial charge in [0.1, 0.15) is 11.1 Å².